The minimum Gasteiger partial charge on any atom is -0.481 e. The second-order valence-corrected chi connectivity index (χ2v) is 5.28. The smallest absolute Gasteiger partial charge is 0.349 e. The third-order valence-electron chi connectivity index (χ3n) is 2.51. The first-order valence-electron chi connectivity index (χ1n) is 5.93. The van der Waals surface area contributed by atoms with Gasteiger partial charge in [-0.2, -0.15) is 0 Å². The van der Waals surface area contributed by atoms with Crippen LogP contribution >= 0.6 is 27.5 Å². The van der Waals surface area contributed by atoms with Gasteiger partial charge in [0.05, 0.1) is 10.0 Å². The largest absolute Gasteiger partial charge is 0.481 e. The van der Waals surface area contributed by atoms with Gasteiger partial charge in [-0.3, -0.25) is 4.79 Å². The Labute approximate surface area is 134 Å². The maximum absolute atomic E-state index is 11.7. The van der Waals surface area contributed by atoms with Crippen LogP contribution in [0.15, 0.2) is 46.9 Å². The van der Waals surface area contributed by atoms with Crippen molar-refractivity contribution in [3.63, 3.8) is 0 Å². The molecule has 0 spiro atoms. The summed E-state index contributed by atoms with van der Waals surface area (Å²) in [6.45, 7) is -0.284. The first kappa shape index (κ1) is 15.5. The van der Waals surface area contributed by atoms with Crippen LogP contribution in [0.2, 0.25) is 5.02 Å². The van der Waals surface area contributed by atoms with E-state index in [-0.39, 0.29) is 12.4 Å². The summed E-state index contributed by atoms with van der Waals surface area (Å²) in [5, 5.41) is 0.553. The normalized spacial score (nSPS) is 10.0. The Morgan fingerprint density at radius 3 is 2.67 bits per heavy atom. The van der Waals surface area contributed by atoms with Gasteiger partial charge in [-0.05, 0) is 46.3 Å². The molecule has 0 fully saturated rings. The number of carbonyl (C=O) groups is 2. The second kappa shape index (κ2) is 7.24. The molecular weight excluding hydrogens is 360 g/mol. The van der Waals surface area contributed by atoms with Gasteiger partial charge in [0.15, 0.2) is 12.9 Å². The third kappa shape index (κ3) is 4.31. The molecule has 0 unspecified atom stereocenters. The lowest BCUT2D eigenvalue weighted by Gasteiger charge is -2.09. The number of hydrogen-bond donors (Lipinski definition) is 0. The number of para-hydroxylation sites is 1. The molecule has 0 saturated heterocycles. The highest BCUT2D eigenvalue weighted by molar-refractivity contribution is 9.10. The molecule has 0 aliphatic rings. The lowest BCUT2D eigenvalue weighted by molar-refractivity contribution is -0.136. The van der Waals surface area contributed by atoms with E-state index >= 15 is 0 Å². The van der Waals surface area contributed by atoms with Gasteiger partial charge in [0.1, 0.15) is 11.5 Å². The SMILES string of the molecule is O=Cc1ccccc1OC(=O)COc1ccc(Cl)cc1Br. The summed E-state index contributed by atoms with van der Waals surface area (Å²) in [6.07, 6.45) is 0.624. The molecule has 0 aliphatic heterocycles. The molecule has 0 N–H and O–H groups in total. The van der Waals surface area contributed by atoms with E-state index in [0.29, 0.717) is 27.1 Å². The zero-order chi connectivity index (χ0) is 15.2. The molecule has 108 valence electrons. The molecule has 0 heterocycles. The molecular formula is C15H10BrClO4. The quantitative estimate of drug-likeness (QED) is 0.456. The second-order valence-electron chi connectivity index (χ2n) is 3.99. The maximum Gasteiger partial charge on any atom is 0.349 e. The van der Waals surface area contributed by atoms with Gasteiger partial charge in [0.25, 0.3) is 0 Å². The summed E-state index contributed by atoms with van der Waals surface area (Å²) in [7, 11) is 0. The topological polar surface area (TPSA) is 52.6 Å². The van der Waals surface area contributed by atoms with Crippen LogP contribution in [0.4, 0.5) is 0 Å². The summed E-state index contributed by atoms with van der Waals surface area (Å²) in [6, 6.07) is 11.4. The monoisotopic (exact) mass is 368 g/mol. The first-order valence-corrected chi connectivity index (χ1v) is 7.10. The Hall–Kier alpha value is -1.85. The molecule has 0 bridgehead atoms. The van der Waals surface area contributed by atoms with Crippen molar-refractivity contribution >= 4 is 39.8 Å². The molecule has 6 heteroatoms. The van der Waals surface area contributed by atoms with Gasteiger partial charge in [-0.1, -0.05) is 23.7 Å². The van der Waals surface area contributed by atoms with Gasteiger partial charge in [-0.15, -0.1) is 0 Å². The van der Waals surface area contributed by atoms with E-state index in [1.165, 1.54) is 0 Å². The Kier molecular flexibility index (Phi) is 5.36. The Bertz CT molecular complexity index is 672. The summed E-state index contributed by atoms with van der Waals surface area (Å²) in [5.41, 5.74) is 0.304. The van der Waals surface area contributed by atoms with Crippen molar-refractivity contribution in [3.05, 3.63) is 57.5 Å². The number of ether oxygens (including phenoxy) is 2. The standard InChI is InChI=1S/C15H10BrClO4/c16-12-7-11(17)5-6-14(12)20-9-15(19)21-13-4-2-1-3-10(13)8-18/h1-8H,9H2. The molecule has 0 saturated carbocycles. The Morgan fingerprint density at radius 2 is 1.95 bits per heavy atom. The Balaban J connectivity index is 1.97. The van der Waals surface area contributed by atoms with Gasteiger partial charge >= 0.3 is 5.97 Å². The lowest BCUT2D eigenvalue weighted by Crippen LogP contribution is -2.18. The van der Waals surface area contributed by atoms with Crippen LogP contribution in [0.3, 0.4) is 0 Å². The van der Waals surface area contributed by atoms with Crippen LogP contribution in [-0.4, -0.2) is 18.9 Å². The van der Waals surface area contributed by atoms with Crippen LogP contribution < -0.4 is 9.47 Å². The predicted molar refractivity (Wildman–Crippen MR) is 82.1 cm³/mol. The molecule has 4 nitrogen and oxygen atoms in total. The van der Waals surface area contributed by atoms with Crippen molar-refractivity contribution in [1.29, 1.82) is 0 Å². The molecule has 21 heavy (non-hydrogen) atoms. The molecule has 2 rings (SSSR count). The van der Waals surface area contributed by atoms with Crippen molar-refractivity contribution in [3.8, 4) is 11.5 Å². The number of benzene rings is 2. The van der Waals surface area contributed by atoms with Crippen molar-refractivity contribution in [2.45, 2.75) is 0 Å². The zero-order valence-corrected chi connectivity index (χ0v) is 13.1. The summed E-state index contributed by atoms with van der Waals surface area (Å²) < 4.78 is 11.1. The average molecular weight is 370 g/mol. The molecule has 2 aromatic rings. The van der Waals surface area contributed by atoms with E-state index in [1.54, 1.807) is 42.5 Å². The number of halogens is 2. The van der Waals surface area contributed by atoms with Gasteiger partial charge in [0.2, 0.25) is 0 Å². The summed E-state index contributed by atoms with van der Waals surface area (Å²) in [5.74, 6) is 0.0717. The predicted octanol–water partition coefficient (Wildman–Crippen LogP) is 3.90. The van der Waals surface area contributed by atoms with Crippen molar-refractivity contribution < 1.29 is 19.1 Å². The molecule has 0 atom stereocenters. The van der Waals surface area contributed by atoms with Crippen LogP contribution in [-0.2, 0) is 4.79 Å². The van der Waals surface area contributed by atoms with Crippen molar-refractivity contribution in [2.75, 3.05) is 6.61 Å². The van der Waals surface area contributed by atoms with Crippen LogP contribution in [0, 0.1) is 0 Å². The maximum atomic E-state index is 11.7. The minimum absolute atomic E-state index is 0.205. The van der Waals surface area contributed by atoms with Crippen molar-refractivity contribution in [2.24, 2.45) is 0 Å². The third-order valence-corrected chi connectivity index (χ3v) is 3.36. The highest BCUT2D eigenvalue weighted by Crippen LogP contribution is 2.28. The summed E-state index contributed by atoms with van der Waals surface area (Å²) in [4.78, 5) is 22.6. The van der Waals surface area contributed by atoms with Gasteiger partial charge < -0.3 is 9.47 Å². The van der Waals surface area contributed by atoms with E-state index in [2.05, 4.69) is 15.9 Å². The highest BCUT2D eigenvalue weighted by atomic mass is 79.9. The number of rotatable bonds is 5. The van der Waals surface area contributed by atoms with Crippen LogP contribution in [0.25, 0.3) is 0 Å². The van der Waals surface area contributed by atoms with E-state index in [4.69, 9.17) is 21.1 Å². The molecule has 0 aromatic heterocycles. The summed E-state index contributed by atoms with van der Waals surface area (Å²) >= 11 is 9.09. The van der Waals surface area contributed by atoms with Crippen LogP contribution in [0.5, 0.6) is 11.5 Å². The Morgan fingerprint density at radius 1 is 1.19 bits per heavy atom. The van der Waals surface area contributed by atoms with E-state index in [9.17, 15) is 9.59 Å². The highest BCUT2D eigenvalue weighted by Gasteiger charge is 2.10. The van der Waals surface area contributed by atoms with Gasteiger partial charge in [0, 0.05) is 5.02 Å². The van der Waals surface area contributed by atoms with Crippen LogP contribution in [0.1, 0.15) is 10.4 Å². The molecule has 2 aromatic carbocycles. The van der Waals surface area contributed by atoms with Gasteiger partial charge in [-0.25, -0.2) is 4.79 Å². The van der Waals surface area contributed by atoms with E-state index < -0.39 is 5.97 Å². The lowest BCUT2D eigenvalue weighted by atomic mass is 10.2. The number of aldehydes is 1. The van der Waals surface area contributed by atoms with E-state index in [0.717, 1.165) is 0 Å². The first-order chi connectivity index (χ1) is 10.1. The number of esters is 1. The minimum atomic E-state index is -0.605. The number of hydrogen-bond acceptors (Lipinski definition) is 4. The fraction of sp³-hybridized carbons (Fsp3) is 0.0667. The number of carbonyl (C=O) groups excluding carboxylic acids is 2. The van der Waals surface area contributed by atoms with E-state index in [1.807, 2.05) is 0 Å². The zero-order valence-electron chi connectivity index (χ0n) is 10.7. The molecule has 0 aliphatic carbocycles. The molecule has 0 radical (unpaired) electrons. The fourth-order valence-electron chi connectivity index (χ4n) is 1.55. The van der Waals surface area contributed by atoms with Crippen molar-refractivity contribution in [1.82, 2.24) is 0 Å². The molecule has 0 amide bonds. The fourth-order valence-corrected chi connectivity index (χ4v) is 2.35. The average Bonchev–Trinajstić information content (AvgIpc) is 2.47.